The lowest BCUT2D eigenvalue weighted by atomic mass is 10.3. The van der Waals surface area contributed by atoms with Gasteiger partial charge in [-0.15, -0.1) is 0 Å². The Morgan fingerprint density at radius 1 is 1.12 bits per heavy atom. The Morgan fingerprint density at radius 3 is 2.31 bits per heavy atom. The first-order valence-corrected chi connectivity index (χ1v) is 5.51. The highest BCUT2D eigenvalue weighted by atomic mass is 32.1. The number of nitrogens with zero attached hydrogens (tertiary/aromatic N) is 1. The minimum atomic E-state index is 0.544. The van der Waals surface area contributed by atoms with Crippen molar-refractivity contribution in [1.82, 2.24) is 4.98 Å². The van der Waals surface area contributed by atoms with Crippen molar-refractivity contribution in [2.24, 2.45) is 0 Å². The molecular weight excluding hydrogens is 226 g/mol. The summed E-state index contributed by atoms with van der Waals surface area (Å²) in [6.45, 7) is 0. The Morgan fingerprint density at radius 2 is 1.81 bits per heavy atom. The molecule has 0 aliphatic carbocycles. The number of methoxy groups -OCH3 is 2. The smallest absolute Gasteiger partial charge is 0.278 e. The number of aromatic nitrogens is 1. The van der Waals surface area contributed by atoms with E-state index in [1.165, 1.54) is 11.3 Å². The third kappa shape index (κ3) is 2.09. The Bertz CT molecular complexity index is 434. The quantitative estimate of drug-likeness (QED) is 0.819. The van der Waals surface area contributed by atoms with Crippen LogP contribution in [-0.4, -0.2) is 19.2 Å². The van der Waals surface area contributed by atoms with Gasteiger partial charge < -0.3 is 14.2 Å². The summed E-state index contributed by atoms with van der Waals surface area (Å²) in [7, 11) is 3.17. The molecule has 1 heterocycles. The highest BCUT2D eigenvalue weighted by Gasteiger charge is 2.13. The molecule has 0 aliphatic heterocycles. The topological polar surface area (TPSA) is 40.6 Å². The Balaban J connectivity index is 2.37. The molecule has 0 saturated heterocycles. The number of thiazole rings is 1. The highest BCUT2D eigenvalue weighted by molar-refractivity contribution is 7.11. The lowest BCUT2D eigenvalue weighted by Crippen LogP contribution is -1.93. The van der Waals surface area contributed by atoms with Gasteiger partial charge in [-0.05, 0) is 12.1 Å². The first-order chi connectivity index (χ1) is 7.85. The minimum Gasteiger partial charge on any atom is -0.493 e. The van der Waals surface area contributed by atoms with Gasteiger partial charge in [0.25, 0.3) is 5.19 Å². The molecule has 16 heavy (non-hydrogen) atoms. The molecule has 5 heteroatoms. The van der Waals surface area contributed by atoms with Gasteiger partial charge >= 0.3 is 0 Å². The van der Waals surface area contributed by atoms with Crippen molar-refractivity contribution >= 4 is 11.3 Å². The summed E-state index contributed by atoms with van der Waals surface area (Å²) in [6.07, 6.45) is 1.68. The van der Waals surface area contributed by atoms with Crippen LogP contribution in [0.5, 0.6) is 22.4 Å². The van der Waals surface area contributed by atoms with E-state index in [1.54, 1.807) is 20.4 Å². The minimum absolute atomic E-state index is 0.544. The molecule has 0 aliphatic rings. The Kier molecular flexibility index (Phi) is 3.26. The van der Waals surface area contributed by atoms with E-state index in [0.29, 0.717) is 22.4 Å². The molecule has 0 fully saturated rings. The van der Waals surface area contributed by atoms with Gasteiger partial charge in [0.05, 0.1) is 14.2 Å². The van der Waals surface area contributed by atoms with E-state index in [2.05, 4.69) is 4.98 Å². The van der Waals surface area contributed by atoms with Crippen LogP contribution in [0.4, 0.5) is 0 Å². The van der Waals surface area contributed by atoms with Crippen LogP contribution in [-0.2, 0) is 0 Å². The largest absolute Gasteiger partial charge is 0.493 e. The maximum atomic E-state index is 5.62. The monoisotopic (exact) mass is 237 g/mol. The predicted octanol–water partition coefficient (Wildman–Crippen LogP) is 2.95. The van der Waals surface area contributed by atoms with Gasteiger partial charge in [-0.1, -0.05) is 17.4 Å². The van der Waals surface area contributed by atoms with E-state index in [-0.39, 0.29) is 0 Å². The molecule has 0 N–H and O–H groups in total. The van der Waals surface area contributed by atoms with E-state index in [9.17, 15) is 0 Å². The van der Waals surface area contributed by atoms with Crippen LogP contribution in [0.15, 0.2) is 29.8 Å². The molecular formula is C11H11NO3S. The standard InChI is InChI=1S/C11H11NO3S/c1-13-8-4-3-5-9(14-2)10(8)15-11-12-6-7-16-11/h3-7H,1-2H3. The van der Waals surface area contributed by atoms with Crippen LogP contribution < -0.4 is 14.2 Å². The third-order valence-corrected chi connectivity index (χ3v) is 2.63. The maximum absolute atomic E-state index is 5.62. The van der Waals surface area contributed by atoms with E-state index in [1.807, 2.05) is 23.6 Å². The lowest BCUT2D eigenvalue weighted by molar-refractivity contribution is 0.345. The molecule has 2 rings (SSSR count). The number of rotatable bonds is 4. The van der Waals surface area contributed by atoms with Gasteiger partial charge in [0.2, 0.25) is 5.75 Å². The van der Waals surface area contributed by atoms with Gasteiger partial charge in [-0.25, -0.2) is 4.98 Å². The molecule has 0 amide bonds. The molecule has 0 spiro atoms. The molecule has 0 atom stereocenters. The van der Waals surface area contributed by atoms with Gasteiger partial charge in [0.1, 0.15) is 0 Å². The van der Waals surface area contributed by atoms with Crippen LogP contribution in [0.1, 0.15) is 0 Å². The number of ether oxygens (including phenoxy) is 3. The zero-order chi connectivity index (χ0) is 11.4. The Hall–Kier alpha value is -1.75. The predicted molar refractivity (Wildman–Crippen MR) is 61.7 cm³/mol. The van der Waals surface area contributed by atoms with E-state index >= 15 is 0 Å². The zero-order valence-electron chi connectivity index (χ0n) is 8.97. The molecule has 1 aromatic heterocycles. The average Bonchev–Trinajstić information content (AvgIpc) is 2.82. The van der Waals surface area contributed by atoms with Crippen molar-refractivity contribution in [2.45, 2.75) is 0 Å². The van der Waals surface area contributed by atoms with Crippen molar-refractivity contribution in [3.63, 3.8) is 0 Å². The summed E-state index contributed by atoms with van der Waals surface area (Å²) in [5.41, 5.74) is 0. The van der Waals surface area contributed by atoms with Crippen LogP contribution in [0.3, 0.4) is 0 Å². The molecule has 0 bridgehead atoms. The normalized spacial score (nSPS) is 9.88. The van der Waals surface area contributed by atoms with Gasteiger partial charge in [-0.2, -0.15) is 0 Å². The van der Waals surface area contributed by atoms with Gasteiger partial charge in [0.15, 0.2) is 11.5 Å². The average molecular weight is 237 g/mol. The number of para-hydroxylation sites is 1. The van der Waals surface area contributed by atoms with Crippen molar-refractivity contribution in [2.75, 3.05) is 14.2 Å². The SMILES string of the molecule is COc1cccc(OC)c1Oc1nccs1. The number of hydrogen-bond donors (Lipinski definition) is 0. The molecule has 1 aromatic carbocycles. The molecule has 0 unspecified atom stereocenters. The van der Waals surface area contributed by atoms with Crippen LogP contribution in [0.2, 0.25) is 0 Å². The van der Waals surface area contributed by atoms with Crippen LogP contribution >= 0.6 is 11.3 Å². The molecule has 4 nitrogen and oxygen atoms in total. The molecule has 0 saturated carbocycles. The Labute approximate surface area is 97.4 Å². The molecule has 0 radical (unpaired) electrons. The lowest BCUT2D eigenvalue weighted by Gasteiger charge is -2.11. The van der Waals surface area contributed by atoms with Crippen LogP contribution in [0, 0.1) is 0 Å². The van der Waals surface area contributed by atoms with E-state index in [4.69, 9.17) is 14.2 Å². The molecule has 84 valence electrons. The second-order valence-electron chi connectivity index (χ2n) is 2.89. The fourth-order valence-corrected chi connectivity index (χ4v) is 1.76. The summed E-state index contributed by atoms with van der Waals surface area (Å²) in [4.78, 5) is 4.05. The summed E-state index contributed by atoms with van der Waals surface area (Å²) < 4.78 is 16.0. The summed E-state index contributed by atoms with van der Waals surface area (Å²) >= 11 is 1.41. The summed E-state index contributed by atoms with van der Waals surface area (Å²) in [5.74, 6) is 1.78. The summed E-state index contributed by atoms with van der Waals surface area (Å²) in [6, 6.07) is 5.46. The van der Waals surface area contributed by atoms with Crippen molar-refractivity contribution in [3.05, 3.63) is 29.8 Å². The fraction of sp³-hybridized carbons (Fsp3) is 0.182. The number of benzene rings is 1. The van der Waals surface area contributed by atoms with Crippen molar-refractivity contribution in [3.8, 4) is 22.4 Å². The second kappa shape index (κ2) is 4.85. The van der Waals surface area contributed by atoms with Crippen molar-refractivity contribution in [1.29, 1.82) is 0 Å². The first kappa shape index (κ1) is 10.8. The molecule has 2 aromatic rings. The number of hydrogen-bond acceptors (Lipinski definition) is 5. The second-order valence-corrected chi connectivity index (χ2v) is 3.75. The van der Waals surface area contributed by atoms with E-state index in [0.717, 1.165) is 0 Å². The first-order valence-electron chi connectivity index (χ1n) is 4.63. The van der Waals surface area contributed by atoms with Crippen molar-refractivity contribution < 1.29 is 14.2 Å². The van der Waals surface area contributed by atoms with Gasteiger partial charge in [0, 0.05) is 11.6 Å². The fourth-order valence-electron chi connectivity index (χ4n) is 1.27. The zero-order valence-corrected chi connectivity index (χ0v) is 9.78. The maximum Gasteiger partial charge on any atom is 0.278 e. The highest BCUT2D eigenvalue weighted by Crippen LogP contribution is 2.40. The van der Waals surface area contributed by atoms with Gasteiger partial charge in [-0.3, -0.25) is 0 Å². The van der Waals surface area contributed by atoms with E-state index < -0.39 is 0 Å². The summed E-state index contributed by atoms with van der Waals surface area (Å²) in [5, 5.41) is 2.40. The van der Waals surface area contributed by atoms with Crippen LogP contribution in [0.25, 0.3) is 0 Å². The third-order valence-electron chi connectivity index (χ3n) is 1.98.